The van der Waals surface area contributed by atoms with Crippen LogP contribution in [0.25, 0.3) is 0 Å². The van der Waals surface area contributed by atoms with Crippen molar-refractivity contribution in [2.45, 2.75) is 32.7 Å². The Morgan fingerprint density at radius 1 is 1.27 bits per heavy atom. The van der Waals surface area contributed by atoms with Crippen LogP contribution in [-0.4, -0.2) is 44.1 Å². The standard InChI is InChI=1S/C15H23N3O3S/c1-11-6-7-13(9-12(11)2)16-15(19)17-14-5-4-8-18(10-14)22(3,20)21/h6-7,9,14H,4-5,8,10H2,1-3H3,(H2,16,17,19)/t14-/m0/s1. The molecule has 0 aromatic heterocycles. The number of rotatable bonds is 3. The number of anilines is 1. The van der Waals surface area contributed by atoms with Crippen molar-refractivity contribution in [1.82, 2.24) is 9.62 Å². The first-order chi connectivity index (χ1) is 10.3. The summed E-state index contributed by atoms with van der Waals surface area (Å²) in [5.41, 5.74) is 3.01. The van der Waals surface area contributed by atoms with Gasteiger partial charge in [-0.05, 0) is 49.9 Å². The molecule has 0 aliphatic carbocycles. The Morgan fingerprint density at radius 3 is 2.64 bits per heavy atom. The van der Waals surface area contributed by atoms with E-state index in [0.717, 1.165) is 24.1 Å². The molecule has 6 nitrogen and oxygen atoms in total. The summed E-state index contributed by atoms with van der Waals surface area (Å²) in [6.07, 6.45) is 2.73. The number of carbonyl (C=O) groups excluding carboxylic acids is 1. The van der Waals surface area contributed by atoms with E-state index in [0.29, 0.717) is 13.1 Å². The molecule has 0 spiro atoms. The lowest BCUT2D eigenvalue weighted by atomic mass is 10.1. The first kappa shape index (κ1) is 16.8. The van der Waals surface area contributed by atoms with E-state index in [4.69, 9.17) is 0 Å². The van der Waals surface area contributed by atoms with Gasteiger partial charge in [-0.25, -0.2) is 17.5 Å². The number of piperidine rings is 1. The first-order valence-electron chi connectivity index (χ1n) is 7.35. The minimum Gasteiger partial charge on any atom is -0.334 e. The maximum absolute atomic E-state index is 12.0. The molecule has 0 saturated carbocycles. The SMILES string of the molecule is Cc1ccc(NC(=O)N[C@H]2CCCN(S(C)(=O)=O)C2)cc1C. The van der Waals surface area contributed by atoms with Gasteiger partial charge < -0.3 is 10.6 Å². The van der Waals surface area contributed by atoms with Crippen LogP contribution >= 0.6 is 0 Å². The molecule has 2 rings (SSSR count). The highest BCUT2D eigenvalue weighted by Gasteiger charge is 2.26. The number of hydrogen-bond donors (Lipinski definition) is 2. The fraction of sp³-hybridized carbons (Fsp3) is 0.533. The van der Waals surface area contributed by atoms with Crippen molar-refractivity contribution in [3.05, 3.63) is 29.3 Å². The third kappa shape index (κ3) is 4.45. The normalized spacial score (nSPS) is 19.7. The number of amides is 2. The van der Waals surface area contributed by atoms with Crippen molar-refractivity contribution >= 4 is 21.7 Å². The molecule has 2 amide bonds. The molecule has 1 atom stereocenters. The second-order valence-electron chi connectivity index (χ2n) is 5.86. The lowest BCUT2D eigenvalue weighted by Gasteiger charge is -2.31. The molecule has 2 N–H and O–H groups in total. The van der Waals surface area contributed by atoms with Crippen LogP contribution in [0.5, 0.6) is 0 Å². The zero-order valence-electron chi connectivity index (χ0n) is 13.2. The van der Waals surface area contributed by atoms with Gasteiger partial charge in [-0.1, -0.05) is 6.07 Å². The number of benzene rings is 1. The van der Waals surface area contributed by atoms with Crippen molar-refractivity contribution in [3.8, 4) is 0 Å². The number of nitrogens with zero attached hydrogens (tertiary/aromatic N) is 1. The Hall–Kier alpha value is -1.60. The van der Waals surface area contributed by atoms with E-state index < -0.39 is 10.0 Å². The number of aryl methyl sites for hydroxylation is 2. The molecule has 1 saturated heterocycles. The van der Waals surface area contributed by atoms with Crippen LogP contribution in [0.2, 0.25) is 0 Å². The number of sulfonamides is 1. The molecule has 0 unspecified atom stereocenters. The molecule has 1 fully saturated rings. The van der Waals surface area contributed by atoms with Crippen LogP contribution in [0.3, 0.4) is 0 Å². The van der Waals surface area contributed by atoms with Crippen LogP contribution in [0, 0.1) is 13.8 Å². The van der Waals surface area contributed by atoms with Crippen molar-refractivity contribution in [2.75, 3.05) is 24.7 Å². The van der Waals surface area contributed by atoms with E-state index in [1.165, 1.54) is 16.1 Å². The molecule has 122 valence electrons. The van der Waals surface area contributed by atoms with Gasteiger partial charge >= 0.3 is 6.03 Å². The van der Waals surface area contributed by atoms with Crippen LogP contribution in [-0.2, 0) is 10.0 Å². The second-order valence-corrected chi connectivity index (χ2v) is 7.84. The van der Waals surface area contributed by atoms with Crippen molar-refractivity contribution < 1.29 is 13.2 Å². The van der Waals surface area contributed by atoms with Gasteiger partial charge in [0.25, 0.3) is 0 Å². The highest BCUT2D eigenvalue weighted by molar-refractivity contribution is 7.88. The fourth-order valence-corrected chi connectivity index (χ4v) is 3.44. The molecule has 0 bridgehead atoms. The average Bonchev–Trinajstić information content (AvgIpc) is 2.42. The van der Waals surface area contributed by atoms with Gasteiger partial charge in [0.1, 0.15) is 0 Å². The number of nitrogens with one attached hydrogen (secondary N) is 2. The minimum atomic E-state index is -3.20. The van der Waals surface area contributed by atoms with Gasteiger partial charge in [0.15, 0.2) is 0 Å². The summed E-state index contributed by atoms with van der Waals surface area (Å²) < 4.78 is 24.6. The molecule has 7 heteroatoms. The third-order valence-electron chi connectivity index (χ3n) is 3.95. The van der Waals surface area contributed by atoms with Crippen molar-refractivity contribution in [3.63, 3.8) is 0 Å². The van der Waals surface area contributed by atoms with E-state index in [-0.39, 0.29) is 12.1 Å². The number of hydrogen-bond acceptors (Lipinski definition) is 3. The van der Waals surface area contributed by atoms with E-state index in [1.54, 1.807) is 0 Å². The monoisotopic (exact) mass is 325 g/mol. The highest BCUT2D eigenvalue weighted by Crippen LogP contribution is 2.15. The molecule has 1 aromatic rings. The molecule has 22 heavy (non-hydrogen) atoms. The third-order valence-corrected chi connectivity index (χ3v) is 5.22. The summed E-state index contributed by atoms with van der Waals surface area (Å²) in [5, 5.41) is 5.64. The van der Waals surface area contributed by atoms with Crippen LogP contribution in [0.4, 0.5) is 10.5 Å². The molecular weight excluding hydrogens is 302 g/mol. The summed E-state index contributed by atoms with van der Waals surface area (Å²) >= 11 is 0. The lowest BCUT2D eigenvalue weighted by Crippen LogP contribution is -2.50. The van der Waals surface area contributed by atoms with Gasteiger partial charge in [0.2, 0.25) is 10.0 Å². The smallest absolute Gasteiger partial charge is 0.319 e. The van der Waals surface area contributed by atoms with E-state index >= 15 is 0 Å². The second kappa shape index (κ2) is 6.66. The van der Waals surface area contributed by atoms with Crippen molar-refractivity contribution in [2.24, 2.45) is 0 Å². The Balaban J connectivity index is 1.92. The van der Waals surface area contributed by atoms with Crippen LogP contribution in [0.15, 0.2) is 18.2 Å². The predicted molar refractivity (Wildman–Crippen MR) is 87.5 cm³/mol. The van der Waals surface area contributed by atoms with E-state index in [9.17, 15) is 13.2 Å². The van der Waals surface area contributed by atoms with Gasteiger partial charge in [0, 0.05) is 24.8 Å². The van der Waals surface area contributed by atoms with Crippen LogP contribution < -0.4 is 10.6 Å². The molecule has 0 radical (unpaired) electrons. The van der Waals surface area contributed by atoms with E-state index in [1.807, 2.05) is 32.0 Å². The van der Waals surface area contributed by atoms with Gasteiger partial charge in [-0.15, -0.1) is 0 Å². The quantitative estimate of drug-likeness (QED) is 0.890. The summed E-state index contributed by atoms with van der Waals surface area (Å²) in [4.78, 5) is 12.0. The predicted octanol–water partition coefficient (Wildman–Crippen LogP) is 1.85. The number of urea groups is 1. The Bertz CT molecular complexity index is 658. The zero-order chi connectivity index (χ0) is 16.3. The Morgan fingerprint density at radius 2 is 2.00 bits per heavy atom. The summed E-state index contributed by atoms with van der Waals surface area (Å²) in [7, 11) is -3.20. The summed E-state index contributed by atoms with van der Waals surface area (Å²) in [5.74, 6) is 0. The fourth-order valence-electron chi connectivity index (χ4n) is 2.53. The van der Waals surface area contributed by atoms with Gasteiger partial charge in [0.05, 0.1) is 6.26 Å². The molecule has 1 aromatic carbocycles. The highest BCUT2D eigenvalue weighted by atomic mass is 32.2. The summed E-state index contributed by atoms with van der Waals surface area (Å²) in [6.45, 7) is 4.86. The maximum atomic E-state index is 12.0. The van der Waals surface area contributed by atoms with Crippen LogP contribution in [0.1, 0.15) is 24.0 Å². The Kier molecular flexibility index (Phi) is 5.08. The van der Waals surface area contributed by atoms with Crippen molar-refractivity contribution in [1.29, 1.82) is 0 Å². The van der Waals surface area contributed by atoms with E-state index in [2.05, 4.69) is 10.6 Å². The largest absolute Gasteiger partial charge is 0.334 e. The molecule has 1 heterocycles. The average molecular weight is 325 g/mol. The number of carbonyl (C=O) groups is 1. The van der Waals surface area contributed by atoms with Gasteiger partial charge in [-0.3, -0.25) is 0 Å². The maximum Gasteiger partial charge on any atom is 0.319 e. The van der Waals surface area contributed by atoms with Gasteiger partial charge in [-0.2, -0.15) is 0 Å². The zero-order valence-corrected chi connectivity index (χ0v) is 14.0. The first-order valence-corrected chi connectivity index (χ1v) is 9.20. The minimum absolute atomic E-state index is 0.157. The molecular formula is C15H23N3O3S. The topological polar surface area (TPSA) is 78.5 Å². The Labute approximate surface area is 131 Å². The lowest BCUT2D eigenvalue weighted by molar-refractivity contribution is 0.236. The summed E-state index contributed by atoms with van der Waals surface area (Å²) in [6, 6.07) is 5.26. The molecule has 1 aliphatic heterocycles. The molecule has 1 aliphatic rings.